The van der Waals surface area contributed by atoms with Crippen molar-refractivity contribution in [3.63, 3.8) is 0 Å². The molecule has 0 aromatic heterocycles. The van der Waals surface area contributed by atoms with Crippen LogP contribution in [0.3, 0.4) is 0 Å². The third-order valence-electron chi connectivity index (χ3n) is 4.60. The van der Waals surface area contributed by atoms with Crippen molar-refractivity contribution in [1.29, 1.82) is 0 Å². The first kappa shape index (κ1) is 17.5. The number of para-hydroxylation sites is 2. The summed E-state index contributed by atoms with van der Waals surface area (Å²) >= 11 is 0. The van der Waals surface area contributed by atoms with Crippen LogP contribution in [0.5, 0.6) is 11.5 Å². The number of hydrogen-bond donors (Lipinski definition) is 2. The smallest absolute Gasteiger partial charge is 0.267 e. The minimum atomic E-state index is -0.643. The van der Waals surface area contributed by atoms with Gasteiger partial charge < -0.3 is 25.4 Å². The summed E-state index contributed by atoms with van der Waals surface area (Å²) < 4.78 is 11.5. The minimum absolute atomic E-state index is 0.0104. The lowest BCUT2D eigenvalue weighted by Gasteiger charge is -2.38. The number of benzene rings is 1. The van der Waals surface area contributed by atoms with Gasteiger partial charge in [0.2, 0.25) is 12.0 Å². The number of rotatable bonds is 5. The normalized spacial score (nSPS) is 22.4. The summed E-state index contributed by atoms with van der Waals surface area (Å²) in [5, 5.41) is 2.87. The predicted molar refractivity (Wildman–Crippen MR) is 92.4 cm³/mol. The van der Waals surface area contributed by atoms with E-state index in [1.165, 1.54) is 0 Å². The molecule has 1 saturated heterocycles. The second-order valence-electron chi connectivity index (χ2n) is 6.39. The maximum atomic E-state index is 12.9. The van der Waals surface area contributed by atoms with Gasteiger partial charge >= 0.3 is 0 Å². The molecule has 2 heterocycles. The lowest BCUT2D eigenvalue weighted by atomic mass is 10.0. The van der Waals surface area contributed by atoms with E-state index in [0.29, 0.717) is 37.6 Å². The molecule has 1 fully saturated rings. The molecule has 0 saturated carbocycles. The van der Waals surface area contributed by atoms with E-state index in [2.05, 4.69) is 5.32 Å². The molecular weight excluding hydrogens is 322 g/mol. The van der Waals surface area contributed by atoms with E-state index in [-0.39, 0.29) is 24.5 Å². The number of fused-ring (bicyclic) bond motifs is 1. The summed E-state index contributed by atoms with van der Waals surface area (Å²) in [4.78, 5) is 26.4. The zero-order valence-corrected chi connectivity index (χ0v) is 14.3. The molecule has 3 rings (SSSR count). The van der Waals surface area contributed by atoms with E-state index in [0.717, 1.165) is 19.3 Å². The second-order valence-corrected chi connectivity index (χ2v) is 6.39. The van der Waals surface area contributed by atoms with Gasteiger partial charge in [-0.3, -0.25) is 9.59 Å². The molecule has 2 amide bonds. The molecule has 3 N–H and O–H groups in total. The molecule has 1 aromatic carbocycles. The summed E-state index contributed by atoms with van der Waals surface area (Å²) in [5.74, 6) is 1.10. The van der Waals surface area contributed by atoms with Gasteiger partial charge in [0.15, 0.2) is 11.5 Å². The van der Waals surface area contributed by atoms with Gasteiger partial charge in [0.1, 0.15) is 6.61 Å². The quantitative estimate of drug-likeness (QED) is 0.817. The van der Waals surface area contributed by atoms with Crippen LogP contribution in [-0.4, -0.2) is 55.1 Å². The van der Waals surface area contributed by atoms with Crippen LogP contribution in [0.4, 0.5) is 0 Å². The van der Waals surface area contributed by atoms with Crippen LogP contribution in [0.25, 0.3) is 0 Å². The number of hydrogen-bond acceptors (Lipinski definition) is 5. The van der Waals surface area contributed by atoms with E-state index in [9.17, 15) is 9.59 Å². The number of nitrogens with two attached hydrogens (primary N) is 1. The highest BCUT2D eigenvalue weighted by atomic mass is 16.6. The summed E-state index contributed by atoms with van der Waals surface area (Å²) in [5.41, 5.74) is 5.39. The Morgan fingerprint density at radius 1 is 1.24 bits per heavy atom. The summed E-state index contributed by atoms with van der Waals surface area (Å²) in [7, 11) is 0. The van der Waals surface area contributed by atoms with Gasteiger partial charge in [0, 0.05) is 32.1 Å². The fourth-order valence-corrected chi connectivity index (χ4v) is 3.28. The number of piperidine rings is 1. The average molecular weight is 347 g/mol. The molecule has 0 spiro atoms. The lowest BCUT2D eigenvalue weighted by molar-refractivity contribution is -0.145. The topological polar surface area (TPSA) is 93.9 Å². The molecule has 136 valence electrons. The fourth-order valence-electron chi connectivity index (χ4n) is 3.28. The van der Waals surface area contributed by atoms with E-state index in [1.807, 2.05) is 23.1 Å². The SMILES string of the molecule is NCCC(=O)NCC1CCCCN1C(=O)C1COc2ccccc2O1. The van der Waals surface area contributed by atoms with Crippen LogP contribution in [0.15, 0.2) is 24.3 Å². The molecule has 2 atom stereocenters. The molecule has 7 heteroatoms. The molecule has 25 heavy (non-hydrogen) atoms. The zero-order chi connectivity index (χ0) is 17.6. The molecule has 2 aliphatic heterocycles. The van der Waals surface area contributed by atoms with E-state index >= 15 is 0 Å². The number of nitrogens with one attached hydrogen (secondary N) is 1. The maximum Gasteiger partial charge on any atom is 0.267 e. The van der Waals surface area contributed by atoms with Crippen LogP contribution in [-0.2, 0) is 9.59 Å². The highest BCUT2D eigenvalue weighted by molar-refractivity contribution is 5.82. The number of carbonyl (C=O) groups excluding carboxylic acids is 2. The Labute approximate surface area is 147 Å². The molecule has 7 nitrogen and oxygen atoms in total. The first-order valence-electron chi connectivity index (χ1n) is 8.85. The van der Waals surface area contributed by atoms with Crippen molar-refractivity contribution < 1.29 is 19.1 Å². The lowest BCUT2D eigenvalue weighted by Crippen LogP contribution is -2.55. The van der Waals surface area contributed by atoms with E-state index in [1.54, 1.807) is 6.07 Å². The highest BCUT2D eigenvalue weighted by Gasteiger charge is 2.35. The fraction of sp³-hybridized carbons (Fsp3) is 0.556. The van der Waals surface area contributed by atoms with Crippen molar-refractivity contribution >= 4 is 11.8 Å². The molecule has 0 bridgehead atoms. The number of carbonyl (C=O) groups is 2. The van der Waals surface area contributed by atoms with Gasteiger partial charge in [-0.15, -0.1) is 0 Å². The monoisotopic (exact) mass is 347 g/mol. The van der Waals surface area contributed by atoms with Gasteiger partial charge in [-0.2, -0.15) is 0 Å². The van der Waals surface area contributed by atoms with Crippen LogP contribution < -0.4 is 20.5 Å². The van der Waals surface area contributed by atoms with Gasteiger partial charge in [-0.1, -0.05) is 12.1 Å². The van der Waals surface area contributed by atoms with Crippen molar-refractivity contribution in [2.75, 3.05) is 26.2 Å². The number of ether oxygens (including phenoxy) is 2. The minimum Gasteiger partial charge on any atom is -0.485 e. The number of nitrogens with zero attached hydrogens (tertiary/aromatic N) is 1. The summed E-state index contributed by atoms with van der Waals surface area (Å²) in [6.45, 7) is 1.66. The molecular formula is C18H25N3O4. The van der Waals surface area contributed by atoms with Crippen LogP contribution in [0, 0.1) is 0 Å². The Bertz CT molecular complexity index is 622. The van der Waals surface area contributed by atoms with Crippen LogP contribution in [0.1, 0.15) is 25.7 Å². The number of amides is 2. The van der Waals surface area contributed by atoms with Gasteiger partial charge in [-0.05, 0) is 31.4 Å². The Hall–Kier alpha value is -2.28. The number of likely N-dealkylation sites (tertiary alicyclic amines) is 1. The Balaban J connectivity index is 1.62. The largest absolute Gasteiger partial charge is 0.485 e. The zero-order valence-electron chi connectivity index (χ0n) is 14.3. The molecule has 2 aliphatic rings. The molecule has 0 radical (unpaired) electrons. The van der Waals surface area contributed by atoms with Gasteiger partial charge in [0.05, 0.1) is 0 Å². The van der Waals surface area contributed by atoms with Crippen LogP contribution in [0.2, 0.25) is 0 Å². The molecule has 1 aromatic rings. The van der Waals surface area contributed by atoms with Crippen molar-refractivity contribution in [2.45, 2.75) is 37.8 Å². The third kappa shape index (κ3) is 4.22. The van der Waals surface area contributed by atoms with Crippen molar-refractivity contribution in [3.8, 4) is 11.5 Å². The summed E-state index contributed by atoms with van der Waals surface area (Å²) in [6, 6.07) is 7.34. The highest BCUT2D eigenvalue weighted by Crippen LogP contribution is 2.31. The Kier molecular flexibility index (Phi) is 5.75. The molecule has 2 unspecified atom stereocenters. The third-order valence-corrected chi connectivity index (χ3v) is 4.60. The standard InChI is InChI=1S/C18H25N3O4/c19-9-8-17(22)20-11-13-5-3-4-10-21(13)18(23)16-12-24-14-6-1-2-7-15(14)25-16/h1-2,6-7,13,16H,3-5,8-12,19H2,(H,20,22). The van der Waals surface area contributed by atoms with Crippen molar-refractivity contribution in [1.82, 2.24) is 10.2 Å². The van der Waals surface area contributed by atoms with Gasteiger partial charge in [0.25, 0.3) is 5.91 Å². The predicted octanol–water partition coefficient (Wildman–Crippen LogP) is 0.673. The van der Waals surface area contributed by atoms with E-state index < -0.39 is 6.10 Å². The van der Waals surface area contributed by atoms with E-state index in [4.69, 9.17) is 15.2 Å². The van der Waals surface area contributed by atoms with Crippen LogP contribution >= 0.6 is 0 Å². The second kappa shape index (κ2) is 8.20. The Morgan fingerprint density at radius 2 is 2.04 bits per heavy atom. The Morgan fingerprint density at radius 3 is 2.84 bits per heavy atom. The molecule has 0 aliphatic carbocycles. The van der Waals surface area contributed by atoms with Gasteiger partial charge in [-0.25, -0.2) is 0 Å². The van der Waals surface area contributed by atoms with Crippen molar-refractivity contribution in [3.05, 3.63) is 24.3 Å². The first-order chi connectivity index (χ1) is 12.2. The first-order valence-corrected chi connectivity index (χ1v) is 8.85. The van der Waals surface area contributed by atoms with Crippen molar-refractivity contribution in [2.24, 2.45) is 5.73 Å². The average Bonchev–Trinajstić information content (AvgIpc) is 2.66. The summed E-state index contributed by atoms with van der Waals surface area (Å²) in [6.07, 6.45) is 2.54. The maximum absolute atomic E-state index is 12.9.